The van der Waals surface area contributed by atoms with Gasteiger partial charge in [-0.3, -0.25) is 9.78 Å². The number of sulfonamides is 1. The Morgan fingerprint density at radius 1 is 1.21 bits per heavy atom. The van der Waals surface area contributed by atoms with E-state index in [1.807, 2.05) is 0 Å². The third kappa shape index (κ3) is 6.83. The number of nitrogens with one attached hydrogen (secondary N) is 3. The van der Waals surface area contributed by atoms with Crippen molar-refractivity contribution in [3.8, 4) is 17.1 Å². The first-order valence-corrected chi connectivity index (χ1v) is 12.2. The number of hydrogen-bond donors (Lipinski definition) is 3. The van der Waals surface area contributed by atoms with Gasteiger partial charge in [-0.05, 0) is 30.7 Å². The number of carbonyl (C=O) groups is 1. The predicted octanol–water partition coefficient (Wildman–Crippen LogP) is 2.75. The number of rotatable bonds is 10. The van der Waals surface area contributed by atoms with E-state index in [0.717, 1.165) is 6.26 Å². The van der Waals surface area contributed by atoms with Gasteiger partial charge in [-0.15, -0.1) is 0 Å². The molecule has 0 spiro atoms. The average molecular weight is 509 g/mol. The van der Waals surface area contributed by atoms with Crippen molar-refractivity contribution in [2.45, 2.75) is 6.42 Å². The zero-order chi connectivity index (χ0) is 24.7. The van der Waals surface area contributed by atoms with Crippen LogP contribution < -0.4 is 20.1 Å². The fraction of sp³-hybridized carbons (Fsp3) is 0.238. The van der Waals surface area contributed by atoms with Crippen LogP contribution in [0.4, 0.5) is 15.9 Å². The van der Waals surface area contributed by atoms with Crippen LogP contribution in [0.25, 0.3) is 11.4 Å². The number of hydrogen-bond acceptors (Lipinski definition) is 8. The molecular weight excluding hydrogens is 487 g/mol. The fourth-order valence-corrected chi connectivity index (χ4v) is 3.55. The summed E-state index contributed by atoms with van der Waals surface area (Å²) in [6, 6.07) is 5.62. The maximum Gasteiger partial charge on any atom is 0.254 e. The number of methoxy groups -OCH3 is 1. The molecule has 0 bridgehead atoms. The van der Waals surface area contributed by atoms with E-state index in [4.69, 9.17) is 16.3 Å². The summed E-state index contributed by atoms with van der Waals surface area (Å²) >= 11 is 5.99. The Bertz CT molecular complexity index is 1290. The zero-order valence-corrected chi connectivity index (χ0v) is 19.9. The summed E-state index contributed by atoms with van der Waals surface area (Å²) in [5.74, 6) is -0.439. The molecular formula is C21H22ClFN6O4S. The normalized spacial score (nSPS) is 11.2. The molecule has 0 unspecified atom stereocenters. The SMILES string of the molecule is COc1cnc(-c2cc(Cl)ccc2F)nc1Nc1ccncc1C(=O)NCCCNS(C)(=O)=O. The first-order valence-electron chi connectivity index (χ1n) is 9.98. The molecule has 0 radical (unpaired) electrons. The van der Waals surface area contributed by atoms with Crippen molar-refractivity contribution >= 4 is 39.0 Å². The predicted molar refractivity (Wildman–Crippen MR) is 126 cm³/mol. The lowest BCUT2D eigenvalue weighted by Gasteiger charge is -2.14. The summed E-state index contributed by atoms with van der Waals surface area (Å²) < 4.78 is 44.2. The molecule has 2 heterocycles. The average Bonchev–Trinajstić information content (AvgIpc) is 2.80. The summed E-state index contributed by atoms with van der Waals surface area (Å²) in [6.45, 7) is 0.433. The Kier molecular flexibility index (Phi) is 8.31. The largest absolute Gasteiger partial charge is 0.491 e. The van der Waals surface area contributed by atoms with Crippen LogP contribution in [0.1, 0.15) is 16.8 Å². The molecule has 0 atom stereocenters. The highest BCUT2D eigenvalue weighted by atomic mass is 35.5. The molecule has 0 aliphatic rings. The molecule has 3 rings (SSSR count). The Hall–Kier alpha value is -3.35. The van der Waals surface area contributed by atoms with Gasteiger partial charge in [0.15, 0.2) is 17.4 Å². The quantitative estimate of drug-likeness (QED) is 0.356. The molecule has 0 fully saturated rings. The second kappa shape index (κ2) is 11.2. The number of amides is 1. The maximum atomic E-state index is 14.3. The van der Waals surface area contributed by atoms with Gasteiger partial charge >= 0.3 is 0 Å². The van der Waals surface area contributed by atoms with Gasteiger partial charge in [0.1, 0.15) is 5.82 Å². The van der Waals surface area contributed by atoms with Crippen LogP contribution in [0.15, 0.2) is 42.9 Å². The van der Waals surface area contributed by atoms with Gasteiger partial charge in [0.05, 0.1) is 36.4 Å². The van der Waals surface area contributed by atoms with Crippen molar-refractivity contribution in [2.24, 2.45) is 0 Å². The number of benzene rings is 1. The van der Waals surface area contributed by atoms with Crippen molar-refractivity contribution in [1.82, 2.24) is 25.0 Å². The Balaban J connectivity index is 1.80. The van der Waals surface area contributed by atoms with Crippen LogP contribution in [0.5, 0.6) is 5.75 Å². The minimum Gasteiger partial charge on any atom is -0.491 e. The third-order valence-corrected chi connectivity index (χ3v) is 5.43. The highest BCUT2D eigenvalue weighted by Gasteiger charge is 2.17. The van der Waals surface area contributed by atoms with Crippen molar-refractivity contribution in [1.29, 1.82) is 0 Å². The minimum atomic E-state index is -3.29. The number of halogens is 2. The van der Waals surface area contributed by atoms with Crippen molar-refractivity contribution in [3.63, 3.8) is 0 Å². The van der Waals surface area contributed by atoms with Crippen molar-refractivity contribution in [2.75, 3.05) is 31.8 Å². The standard InChI is InChI=1S/C21H22ClFN6O4S/c1-33-18-12-26-19(14-10-13(22)4-5-16(14)23)29-20(18)28-17-6-9-24-11-15(17)21(30)25-7-3-8-27-34(2,31)32/h4-6,9-12,27H,3,7-8H2,1-2H3,(H,25,30)(H,24,26,28,29). The van der Waals surface area contributed by atoms with E-state index in [0.29, 0.717) is 17.1 Å². The van der Waals surface area contributed by atoms with Crippen molar-refractivity contribution in [3.05, 3.63) is 59.3 Å². The number of ether oxygens (including phenoxy) is 1. The van der Waals surface area contributed by atoms with Gasteiger partial charge in [-0.2, -0.15) is 0 Å². The summed E-state index contributed by atoms with van der Waals surface area (Å²) in [7, 11) is -1.87. The Morgan fingerprint density at radius 2 is 2.00 bits per heavy atom. The van der Waals surface area contributed by atoms with Crippen LogP contribution >= 0.6 is 11.6 Å². The van der Waals surface area contributed by atoms with Gasteiger partial charge in [0.25, 0.3) is 5.91 Å². The van der Waals surface area contributed by atoms with Crippen LogP contribution in [0.2, 0.25) is 5.02 Å². The third-order valence-electron chi connectivity index (χ3n) is 4.47. The van der Waals surface area contributed by atoms with Crippen LogP contribution in [0.3, 0.4) is 0 Å². The van der Waals surface area contributed by atoms with Gasteiger partial charge in [0.2, 0.25) is 10.0 Å². The zero-order valence-electron chi connectivity index (χ0n) is 18.3. The minimum absolute atomic E-state index is 0.0711. The van der Waals surface area contributed by atoms with Gasteiger partial charge in [-0.1, -0.05) is 11.6 Å². The lowest BCUT2D eigenvalue weighted by Crippen LogP contribution is -2.29. The monoisotopic (exact) mass is 508 g/mol. The first-order chi connectivity index (χ1) is 16.2. The van der Waals surface area contributed by atoms with Crippen LogP contribution in [0, 0.1) is 5.82 Å². The molecule has 180 valence electrons. The topological polar surface area (TPSA) is 135 Å². The highest BCUT2D eigenvalue weighted by molar-refractivity contribution is 7.88. The second-order valence-electron chi connectivity index (χ2n) is 7.06. The van der Waals surface area contributed by atoms with Gasteiger partial charge < -0.3 is 15.4 Å². The second-order valence-corrected chi connectivity index (χ2v) is 9.33. The highest BCUT2D eigenvalue weighted by Crippen LogP contribution is 2.30. The van der Waals surface area contributed by atoms with Crippen LogP contribution in [-0.2, 0) is 10.0 Å². The molecule has 1 amide bonds. The maximum absolute atomic E-state index is 14.3. The Labute approximate surface area is 201 Å². The molecule has 0 aliphatic heterocycles. The Morgan fingerprint density at radius 3 is 2.74 bits per heavy atom. The van der Waals surface area contributed by atoms with E-state index in [1.54, 1.807) is 6.07 Å². The van der Waals surface area contributed by atoms with E-state index in [2.05, 4.69) is 30.3 Å². The van der Waals surface area contributed by atoms with E-state index >= 15 is 0 Å². The lowest BCUT2D eigenvalue weighted by atomic mass is 10.2. The molecule has 10 nitrogen and oxygen atoms in total. The van der Waals surface area contributed by atoms with Gasteiger partial charge in [-0.25, -0.2) is 27.5 Å². The summed E-state index contributed by atoms with van der Waals surface area (Å²) in [5.41, 5.74) is 0.694. The molecule has 2 aromatic heterocycles. The number of carbonyl (C=O) groups excluding carboxylic acids is 1. The molecule has 0 saturated carbocycles. The number of aromatic nitrogens is 3. The summed E-state index contributed by atoms with van der Waals surface area (Å²) in [6.07, 6.45) is 5.70. The van der Waals surface area contributed by atoms with Crippen LogP contribution in [-0.4, -0.2) is 55.7 Å². The lowest BCUT2D eigenvalue weighted by molar-refractivity contribution is 0.0954. The van der Waals surface area contributed by atoms with Gasteiger partial charge in [0, 0.05) is 30.5 Å². The van der Waals surface area contributed by atoms with E-state index in [1.165, 1.54) is 43.9 Å². The van der Waals surface area contributed by atoms with E-state index in [-0.39, 0.29) is 41.6 Å². The molecule has 3 aromatic rings. The fourth-order valence-electron chi connectivity index (χ4n) is 2.86. The number of anilines is 2. The molecule has 34 heavy (non-hydrogen) atoms. The number of nitrogens with zero attached hydrogens (tertiary/aromatic N) is 3. The summed E-state index contributed by atoms with van der Waals surface area (Å²) in [4.78, 5) is 25.2. The molecule has 13 heteroatoms. The van der Waals surface area contributed by atoms with E-state index in [9.17, 15) is 17.6 Å². The molecule has 0 saturated heterocycles. The molecule has 1 aromatic carbocycles. The smallest absolute Gasteiger partial charge is 0.254 e. The summed E-state index contributed by atoms with van der Waals surface area (Å²) in [5, 5.41) is 6.05. The van der Waals surface area contributed by atoms with Crippen molar-refractivity contribution < 1.29 is 22.3 Å². The molecule has 0 aliphatic carbocycles. The number of pyridine rings is 1. The molecule has 3 N–H and O–H groups in total. The first kappa shape index (κ1) is 25.3. The van der Waals surface area contributed by atoms with E-state index < -0.39 is 21.7 Å².